The van der Waals surface area contributed by atoms with Crippen LogP contribution in [0.1, 0.15) is 19.4 Å². The fourth-order valence-electron chi connectivity index (χ4n) is 2.92. The summed E-state index contributed by atoms with van der Waals surface area (Å²) in [5.74, 6) is 0.239. The average Bonchev–Trinajstić information content (AvgIpc) is 2.82. The summed E-state index contributed by atoms with van der Waals surface area (Å²) in [7, 11) is 0. The highest BCUT2D eigenvalue weighted by atomic mass is 16.5. The second kappa shape index (κ2) is 10.8. The summed E-state index contributed by atoms with van der Waals surface area (Å²) < 4.78 is 11.3. The van der Waals surface area contributed by atoms with Gasteiger partial charge < -0.3 is 9.47 Å². The largest absolute Gasteiger partial charge is 0.483 e. The van der Waals surface area contributed by atoms with E-state index in [9.17, 15) is 9.59 Å². The summed E-state index contributed by atoms with van der Waals surface area (Å²) in [4.78, 5) is 24.3. The highest BCUT2D eigenvalue weighted by Crippen LogP contribution is 2.29. The van der Waals surface area contributed by atoms with Crippen molar-refractivity contribution in [2.75, 3.05) is 6.61 Å². The highest BCUT2D eigenvalue weighted by molar-refractivity contribution is 5.85. The van der Waals surface area contributed by atoms with Crippen LogP contribution in [0.15, 0.2) is 78.9 Å². The Labute approximate surface area is 182 Å². The van der Waals surface area contributed by atoms with Gasteiger partial charge in [0.05, 0.1) is 0 Å². The number of benzene rings is 3. The number of carbonyl (C=O) groups is 2. The van der Waals surface area contributed by atoms with E-state index in [1.54, 1.807) is 13.0 Å². The molecule has 3 aromatic carbocycles. The molecule has 3 rings (SSSR count). The van der Waals surface area contributed by atoms with Crippen LogP contribution >= 0.6 is 0 Å². The predicted octanol–water partition coefficient (Wildman–Crippen LogP) is 3.91. The smallest absolute Gasteiger partial charge is 0.279 e. The number of hydrazine groups is 1. The van der Waals surface area contributed by atoms with Crippen LogP contribution < -0.4 is 20.3 Å². The number of rotatable bonds is 8. The van der Waals surface area contributed by atoms with Crippen molar-refractivity contribution in [2.45, 2.75) is 26.4 Å². The monoisotopic (exact) mass is 418 g/mol. The number of nitrogens with one attached hydrogen (secondary N) is 2. The molecule has 0 fully saturated rings. The first-order valence-corrected chi connectivity index (χ1v) is 10.2. The number of ether oxygens (including phenoxy) is 2. The molecular weight excluding hydrogens is 392 g/mol. The minimum atomic E-state index is -0.771. The molecular formula is C25H26N2O4. The molecule has 3 aromatic rings. The van der Waals surface area contributed by atoms with E-state index < -0.39 is 17.9 Å². The van der Waals surface area contributed by atoms with Crippen molar-refractivity contribution in [3.63, 3.8) is 0 Å². The summed E-state index contributed by atoms with van der Waals surface area (Å²) in [5.41, 5.74) is 7.78. The zero-order valence-electron chi connectivity index (χ0n) is 17.6. The molecule has 6 nitrogen and oxygen atoms in total. The lowest BCUT2D eigenvalue weighted by molar-refractivity contribution is -0.133. The zero-order chi connectivity index (χ0) is 22.1. The first kappa shape index (κ1) is 21.9. The Hall–Kier alpha value is -3.80. The van der Waals surface area contributed by atoms with E-state index >= 15 is 0 Å². The molecule has 2 amide bonds. The van der Waals surface area contributed by atoms with Gasteiger partial charge >= 0.3 is 0 Å². The fraction of sp³-hybridized carbons (Fsp3) is 0.200. The lowest BCUT2D eigenvalue weighted by Crippen LogP contribution is -2.48. The van der Waals surface area contributed by atoms with Crippen LogP contribution in [-0.4, -0.2) is 24.5 Å². The van der Waals surface area contributed by atoms with Gasteiger partial charge in [-0.15, -0.1) is 0 Å². The van der Waals surface area contributed by atoms with Gasteiger partial charge in [-0.3, -0.25) is 20.4 Å². The highest BCUT2D eigenvalue weighted by Gasteiger charge is 2.16. The molecule has 0 bridgehead atoms. The molecule has 2 N–H and O–H groups in total. The molecule has 1 atom stereocenters. The van der Waals surface area contributed by atoms with Crippen LogP contribution in [0.3, 0.4) is 0 Å². The number of hydrogen-bond donors (Lipinski definition) is 2. The van der Waals surface area contributed by atoms with E-state index in [4.69, 9.17) is 9.47 Å². The standard InChI is InChI=1S/C25H26N2O4/c1-3-19-13-15-21(16-14-19)31-18(2)25(29)27-26-24(28)17-30-23-12-8-7-11-22(23)20-9-5-4-6-10-20/h4-16,18H,3,17H2,1-2H3,(H,26,28)(H,27,29). The Bertz CT molecular complexity index is 1000. The van der Waals surface area contributed by atoms with Gasteiger partial charge in [-0.1, -0.05) is 67.6 Å². The maximum atomic E-state index is 12.2. The topological polar surface area (TPSA) is 76.7 Å². The van der Waals surface area contributed by atoms with Crippen molar-refractivity contribution < 1.29 is 19.1 Å². The van der Waals surface area contributed by atoms with Gasteiger partial charge in [0.2, 0.25) is 0 Å². The Balaban J connectivity index is 1.47. The quantitative estimate of drug-likeness (QED) is 0.544. The third-order valence-corrected chi connectivity index (χ3v) is 4.67. The first-order chi connectivity index (χ1) is 15.1. The van der Waals surface area contributed by atoms with Crippen molar-refractivity contribution in [1.82, 2.24) is 10.9 Å². The van der Waals surface area contributed by atoms with Crippen LogP contribution in [0, 0.1) is 0 Å². The van der Waals surface area contributed by atoms with E-state index in [1.165, 1.54) is 5.56 Å². The molecule has 0 aliphatic heterocycles. The molecule has 0 aliphatic rings. The zero-order valence-corrected chi connectivity index (χ0v) is 17.6. The number of para-hydroxylation sites is 1. The summed E-state index contributed by atoms with van der Waals surface area (Å²) in [6.45, 7) is 3.44. The van der Waals surface area contributed by atoms with Crippen molar-refractivity contribution in [1.29, 1.82) is 0 Å². The second-order valence-electron chi connectivity index (χ2n) is 6.95. The third kappa shape index (κ3) is 6.34. The van der Waals surface area contributed by atoms with Crippen LogP contribution in [0.4, 0.5) is 0 Å². The molecule has 0 saturated carbocycles. The van der Waals surface area contributed by atoms with Crippen LogP contribution in [0.5, 0.6) is 11.5 Å². The van der Waals surface area contributed by atoms with Crippen molar-refractivity contribution in [3.05, 3.63) is 84.4 Å². The molecule has 0 aliphatic carbocycles. The fourth-order valence-corrected chi connectivity index (χ4v) is 2.92. The summed E-state index contributed by atoms with van der Waals surface area (Å²) in [6, 6.07) is 24.8. The molecule has 0 saturated heterocycles. The molecule has 1 unspecified atom stereocenters. The molecule has 0 heterocycles. The summed E-state index contributed by atoms with van der Waals surface area (Å²) in [6.07, 6.45) is 0.160. The summed E-state index contributed by atoms with van der Waals surface area (Å²) in [5, 5.41) is 0. The van der Waals surface area contributed by atoms with Crippen LogP contribution in [0.2, 0.25) is 0 Å². The van der Waals surface area contributed by atoms with Gasteiger partial charge in [-0.2, -0.15) is 0 Å². The lowest BCUT2D eigenvalue weighted by Gasteiger charge is -2.16. The molecule has 0 aromatic heterocycles. The molecule has 6 heteroatoms. The number of aryl methyl sites for hydroxylation is 1. The van der Waals surface area contributed by atoms with E-state index in [-0.39, 0.29) is 6.61 Å². The minimum absolute atomic E-state index is 0.238. The van der Waals surface area contributed by atoms with Crippen LogP contribution in [-0.2, 0) is 16.0 Å². The number of carbonyl (C=O) groups excluding carboxylic acids is 2. The summed E-state index contributed by atoms with van der Waals surface area (Å²) >= 11 is 0. The minimum Gasteiger partial charge on any atom is -0.483 e. The van der Waals surface area contributed by atoms with E-state index in [2.05, 4.69) is 17.8 Å². The Kier molecular flexibility index (Phi) is 7.65. The second-order valence-corrected chi connectivity index (χ2v) is 6.95. The Morgan fingerprint density at radius 1 is 0.871 bits per heavy atom. The maximum absolute atomic E-state index is 12.2. The van der Waals surface area contributed by atoms with Crippen molar-refractivity contribution in [2.24, 2.45) is 0 Å². The van der Waals surface area contributed by atoms with Crippen molar-refractivity contribution >= 4 is 11.8 Å². The van der Waals surface area contributed by atoms with Gasteiger partial charge in [0, 0.05) is 5.56 Å². The van der Waals surface area contributed by atoms with E-state index in [0.717, 1.165) is 17.5 Å². The van der Waals surface area contributed by atoms with Gasteiger partial charge in [0.25, 0.3) is 11.8 Å². The molecule has 0 spiro atoms. The Morgan fingerprint density at radius 2 is 1.55 bits per heavy atom. The Morgan fingerprint density at radius 3 is 2.26 bits per heavy atom. The van der Waals surface area contributed by atoms with Crippen molar-refractivity contribution in [3.8, 4) is 22.6 Å². The van der Waals surface area contributed by atoms with E-state index in [0.29, 0.717) is 11.5 Å². The normalized spacial score (nSPS) is 11.3. The maximum Gasteiger partial charge on any atom is 0.279 e. The van der Waals surface area contributed by atoms with Crippen LogP contribution in [0.25, 0.3) is 11.1 Å². The predicted molar refractivity (Wildman–Crippen MR) is 120 cm³/mol. The van der Waals surface area contributed by atoms with Gasteiger partial charge in [-0.25, -0.2) is 0 Å². The number of amides is 2. The molecule has 160 valence electrons. The van der Waals surface area contributed by atoms with E-state index in [1.807, 2.05) is 72.8 Å². The number of hydrogen-bond acceptors (Lipinski definition) is 4. The lowest BCUT2D eigenvalue weighted by atomic mass is 10.1. The molecule has 31 heavy (non-hydrogen) atoms. The molecule has 0 radical (unpaired) electrons. The average molecular weight is 418 g/mol. The van der Waals surface area contributed by atoms with Gasteiger partial charge in [0.15, 0.2) is 12.7 Å². The SMILES string of the molecule is CCc1ccc(OC(C)C(=O)NNC(=O)COc2ccccc2-c2ccccc2)cc1. The van der Waals surface area contributed by atoms with Gasteiger partial charge in [0.1, 0.15) is 11.5 Å². The third-order valence-electron chi connectivity index (χ3n) is 4.67. The van der Waals surface area contributed by atoms with Gasteiger partial charge in [-0.05, 0) is 42.7 Å². The first-order valence-electron chi connectivity index (χ1n) is 10.2.